The lowest BCUT2D eigenvalue weighted by molar-refractivity contribution is -0.152. The molecule has 8 heteroatoms. The number of piperidine rings is 1. The molecule has 2 atom stereocenters. The van der Waals surface area contributed by atoms with Crippen LogP contribution in [-0.2, 0) is 34.1 Å². The SMILES string of the molecule is CCOC(=O)C1CCCN(C(=O)CC2(c3ccccc3)CC(=O)N(CCCOC)C2=O)C1. The average molecular weight is 445 g/mol. The van der Waals surface area contributed by atoms with E-state index >= 15 is 0 Å². The summed E-state index contributed by atoms with van der Waals surface area (Å²) >= 11 is 0. The van der Waals surface area contributed by atoms with Crippen LogP contribution in [0.3, 0.4) is 0 Å². The van der Waals surface area contributed by atoms with E-state index in [4.69, 9.17) is 9.47 Å². The van der Waals surface area contributed by atoms with Crippen LogP contribution in [0.4, 0.5) is 0 Å². The number of esters is 1. The maximum absolute atomic E-state index is 13.5. The van der Waals surface area contributed by atoms with Crippen LogP contribution in [0, 0.1) is 5.92 Å². The molecule has 2 aliphatic heterocycles. The summed E-state index contributed by atoms with van der Waals surface area (Å²) in [5.41, 5.74) is -0.556. The van der Waals surface area contributed by atoms with Crippen LogP contribution in [0.15, 0.2) is 30.3 Å². The van der Waals surface area contributed by atoms with Gasteiger partial charge in [-0.25, -0.2) is 0 Å². The molecule has 0 saturated carbocycles. The Hall–Kier alpha value is -2.74. The lowest BCUT2D eigenvalue weighted by Gasteiger charge is -2.34. The van der Waals surface area contributed by atoms with Gasteiger partial charge in [-0.3, -0.25) is 24.1 Å². The highest BCUT2D eigenvalue weighted by molar-refractivity contribution is 6.10. The number of amides is 3. The van der Waals surface area contributed by atoms with Crippen LogP contribution in [0.5, 0.6) is 0 Å². The van der Waals surface area contributed by atoms with E-state index < -0.39 is 5.41 Å². The van der Waals surface area contributed by atoms with Gasteiger partial charge >= 0.3 is 5.97 Å². The van der Waals surface area contributed by atoms with Crippen molar-refractivity contribution >= 4 is 23.7 Å². The largest absolute Gasteiger partial charge is 0.466 e. The number of imide groups is 1. The van der Waals surface area contributed by atoms with E-state index in [9.17, 15) is 19.2 Å². The summed E-state index contributed by atoms with van der Waals surface area (Å²) in [6, 6.07) is 9.06. The van der Waals surface area contributed by atoms with Crippen molar-refractivity contribution in [2.45, 2.75) is 44.4 Å². The number of rotatable bonds is 9. The van der Waals surface area contributed by atoms with Gasteiger partial charge in [0, 0.05) is 46.2 Å². The first-order valence-electron chi connectivity index (χ1n) is 11.3. The van der Waals surface area contributed by atoms with Crippen molar-refractivity contribution in [1.82, 2.24) is 9.80 Å². The molecule has 3 amide bonds. The molecular weight excluding hydrogens is 412 g/mol. The van der Waals surface area contributed by atoms with Crippen LogP contribution in [0.2, 0.25) is 0 Å². The third kappa shape index (κ3) is 5.01. The smallest absolute Gasteiger partial charge is 0.310 e. The van der Waals surface area contributed by atoms with Gasteiger partial charge in [0.15, 0.2) is 0 Å². The molecule has 1 aromatic carbocycles. The van der Waals surface area contributed by atoms with Gasteiger partial charge in [-0.05, 0) is 31.7 Å². The van der Waals surface area contributed by atoms with Gasteiger partial charge in [0.1, 0.15) is 0 Å². The standard InChI is InChI=1S/C24H32N2O6/c1-3-32-22(29)18-9-7-12-25(17-18)20(27)15-24(19-10-5-4-6-11-19)16-21(28)26(23(24)30)13-8-14-31-2/h4-6,10-11,18H,3,7-9,12-17H2,1-2H3. The minimum atomic E-state index is -1.22. The van der Waals surface area contributed by atoms with Gasteiger partial charge < -0.3 is 14.4 Å². The van der Waals surface area contributed by atoms with Crippen molar-refractivity contribution in [3.05, 3.63) is 35.9 Å². The van der Waals surface area contributed by atoms with Crippen LogP contribution in [-0.4, -0.2) is 73.4 Å². The van der Waals surface area contributed by atoms with Gasteiger partial charge in [-0.2, -0.15) is 0 Å². The van der Waals surface area contributed by atoms with E-state index in [0.717, 1.165) is 0 Å². The Kier molecular flexibility index (Phi) is 8.01. The molecule has 2 aliphatic rings. The number of likely N-dealkylation sites (tertiary alicyclic amines) is 2. The molecule has 2 unspecified atom stereocenters. The average Bonchev–Trinajstić information content (AvgIpc) is 3.05. The number of carbonyl (C=O) groups is 4. The van der Waals surface area contributed by atoms with Crippen LogP contribution in [0.25, 0.3) is 0 Å². The maximum atomic E-state index is 13.5. The highest BCUT2D eigenvalue weighted by Crippen LogP contribution is 2.40. The number of carbonyl (C=O) groups excluding carboxylic acids is 4. The minimum Gasteiger partial charge on any atom is -0.466 e. The molecule has 2 saturated heterocycles. The first-order valence-corrected chi connectivity index (χ1v) is 11.3. The van der Waals surface area contributed by atoms with Gasteiger partial charge in [0.05, 0.1) is 17.9 Å². The highest BCUT2D eigenvalue weighted by Gasteiger charge is 2.54. The molecule has 1 aromatic rings. The number of benzene rings is 1. The van der Waals surface area contributed by atoms with E-state index in [-0.39, 0.29) is 55.5 Å². The van der Waals surface area contributed by atoms with Crippen LogP contribution in [0.1, 0.15) is 44.6 Å². The second kappa shape index (κ2) is 10.7. The van der Waals surface area contributed by atoms with E-state index in [1.54, 1.807) is 31.1 Å². The van der Waals surface area contributed by atoms with Crippen molar-refractivity contribution in [2.24, 2.45) is 5.92 Å². The third-order valence-electron chi connectivity index (χ3n) is 6.31. The number of hydrogen-bond acceptors (Lipinski definition) is 6. The zero-order chi connectivity index (χ0) is 23.1. The molecule has 2 fully saturated rings. The topological polar surface area (TPSA) is 93.2 Å². The van der Waals surface area contributed by atoms with Crippen LogP contribution >= 0.6 is 0 Å². The number of methoxy groups -OCH3 is 1. The fourth-order valence-corrected chi connectivity index (χ4v) is 4.64. The van der Waals surface area contributed by atoms with Crippen LogP contribution < -0.4 is 0 Å². The lowest BCUT2D eigenvalue weighted by atomic mass is 9.75. The molecule has 0 N–H and O–H groups in total. The summed E-state index contributed by atoms with van der Waals surface area (Å²) in [4.78, 5) is 54.8. The third-order valence-corrected chi connectivity index (χ3v) is 6.31. The van der Waals surface area contributed by atoms with Gasteiger partial charge in [0.25, 0.3) is 0 Å². The Morgan fingerprint density at radius 1 is 1.19 bits per heavy atom. The fraction of sp³-hybridized carbons (Fsp3) is 0.583. The molecule has 3 rings (SSSR count). The number of hydrogen-bond donors (Lipinski definition) is 0. The fourth-order valence-electron chi connectivity index (χ4n) is 4.64. The van der Waals surface area contributed by atoms with Crippen molar-refractivity contribution in [1.29, 1.82) is 0 Å². The Morgan fingerprint density at radius 3 is 2.62 bits per heavy atom. The van der Waals surface area contributed by atoms with E-state index in [1.165, 1.54) is 4.90 Å². The molecule has 32 heavy (non-hydrogen) atoms. The predicted molar refractivity (Wildman–Crippen MR) is 117 cm³/mol. The van der Waals surface area contributed by atoms with Crippen molar-refractivity contribution in [2.75, 3.05) is 40.0 Å². The molecular formula is C24H32N2O6. The normalized spacial score (nSPS) is 23.5. The molecule has 174 valence electrons. The van der Waals surface area contributed by atoms with E-state index in [1.807, 2.05) is 18.2 Å². The van der Waals surface area contributed by atoms with Crippen molar-refractivity contribution in [3.63, 3.8) is 0 Å². The predicted octanol–water partition coefficient (Wildman–Crippen LogP) is 1.91. The summed E-state index contributed by atoms with van der Waals surface area (Å²) in [7, 11) is 1.57. The zero-order valence-corrected chi connectivity index (χ0v) is 18.9. The Morgan fingerprint density at radius 2 is 1.94 bits per heavy atom. The van der Waals surface area contributed by atoms with E-state index in [2.05, 4.69) is 0 Å². The summed E-state index contributed by atoms with van der Waals surface area (Å²) in [6.45, 7) is 3.58. The zero-order valence-electron chi connectivity index (χ0n) is 18.9. The Labute approximate surface area is 188 Å². The first-order chi connectivity index (χ1) is 15.4. The van der Waals surface area contributed by atoms with Gasteiger partial charge in [-0.1, -0.05) is 30.3 Å². The van der Waals surface area contributed by atoms with E-state index in [0.29, 0.717) is 44.6 Å². The highest BCUT2D eigenvalue weighted by atomic mass is 16.5. The summed E-state index contributed by atoms with van der Waals surface area (Å²) in [5.74, 6) is -1.48. The first kappa shape index (κ1) is 23.9. The monoisotopic (exact) mass is 444 g/mol. The minimum absolute atomic E-state index is 0.0380. The molecule has 0 bridgehead atoms. The molecule has 0 aromatic heterocycles. The Bertz CT molecular complexity index is 842. The maximum Gasteiger partial charge on any atom is 0.310 e. The molecule has 0 spiro atoms. The molecule has 8 nitrogen and oxygen atoms in total. The van der Waals surface area contributed by atoms with Gasteiger partial charge in [-0.15, -0.1) is 0 Å². The second-order valence-electron chi connectivity index (χ2n) is 8.43. The van der Waals surface area contributed by atoms with Crippen molar-refractivity contribution < 1.29 is 28.7 Å². The number of ether oxygens (including phenoxy) is 2. The quantitative estimate of drug-likeness (QED) is 0.328. The van der Waals surface area contributed by atoms with Gasteiger partial charge in [0.2, 0.25) is 17.7 Å². The summed E-state index contributed by atoms with van der Waals surface area (Å²) in [6.07, 6.45) is 1.78. The Balaban J connectivity index is 1.82. The van der Waals surface area contributed by atoms with Crippen molar-refractivity contribution in [3.8, 4) is 0 Å². The lowest BCUT2D eigenvalue weighted by Crippen LogP contribution is -2.47. The summed E-state index contributed by atoms with van der Waals surface area (Å²) < 4.78 is 10.2. The second-order valence-corrected chi connectivity index (χ2v) is 8.43. The molecule has 0 aliphatic carbocycles. The number of nitrogens with zero attached hydrogens (tertiary/aromatic N) is 2. The summed E-state index contributed by atoms with van der Waals surface area (Å²) in [5, 5.41) is 0. The molecule has 0 radical (unpaired) electrons. The molecule has 2 heterocycles.